The molecule has 18 heavy (non-hydrogen) atoms. The Morgan fingerprint density at radius 1 is 1.22 bits per heavy atom. The molecule has 0 fully saturated rings. The molecule has 0 aromatic heterocycles. The van der Waals surface area contributed by atoms with Crippen LogP contribution in [0.4, 0.5) is 0 Å². The number of rotatable bonds is 7. The molecule has 3 nitrogen and oxygen atoms in total. The molecule has 1 aromatic carbocycles. The highest BCUT2D eigenvalue weighted by Crippen LogP contribution is 2.11. The molecule has 0 atom stereocenters. The molecule has 0 bridgehead atoms. The Kier molecular flexibility index (Phi) is 7.37. The number of benzene rings is 1. The van der Waals surface area contributed by atoms with E-state index < -0.39 is 0 Å². The molecule has 0 aliphatic rings. The van der Waals surface area contributed by atoms with Gasteiger partial charge in [0.1, 0.15) is 0 Å². The lowest BCUT2D eigenvalue weighted by molar-refractivity contribution is -0.116. The Hall–Kier alpha value is -1.13. The van der Waals surface area contributed by atoms with Crippen LogP contribution in [0.1, 0.15) is 24.8 Å². The molecule has 0 heterocycles. The number of unbranched alkanes of at least 4 members (excludes halogenated alkanes) is 2. The lowest BCUT2D eigenvalue weighted by atomic mass is 10.2. The predicted octanol–water partition coefficient (Wildman–Crippen LogP) is 2.74. The molecule has 1 amide bonds. The molecule has 4 heteroatoms. The van der Waals surface area contributed by atoms with E-state index in [0.29, 0.717) is 6.54 Å². The van der Waals surface area contributed by atoms with E-state index in [2.05, 4.69) is 21.2 Å². The maximum atomic E-state index is 11.5. The fraction of sp³-hybridized carbons (Fsp3) is 0.357. The number of carbonyl (C=O) groups is 1. The van der Waals surface area contributed by atoms with Gasteiger partial charge >= 0.3 is 0 Å². The van der Waals surface area contributed by atoms with Gasteiger partial charge in [0.2, 0.25) is 5.91 Å². The Morgan fingerprint density at radius 2 is 1.94 bits per heavy atom. The molecule has 1 rings (SSSR count). The number of amides is 1. The van der Waals surface area contributed by atoms with Gasteiger partial charge in [-0.3, -0.25) is 4.79 Å². The zero-order chi connectivity index (χ0) is 13.2. The second-order valence-electron chi connectivity index (χ2n) is 3.96. The second kappa shape index (κ2) is 8.89. The third-order valence-corrected chi connectivity index (χ3v) is 2.96. The lowest BCUT2D eigenvalue weighted by Gasteiger charge is -2.01. The van der Waals surface area contributed by atoms with E-state index in [9.17, 15) is 4.79 Å². The molecule has 0 radical (unpaired) electrons. The first kappa shape index (κ1) is 14.9. The molecule has 98 valence electrons. The first-order chi connectivity index (χ1) is 8.72. The summed E-state index contributed by atoms with van der Waals surface area (Å²) in [5, 5.41) is 11.4. The van der Waals surface area contributed by atoms with E-state index in [1.807, 2.05) is 24.3 Å². The molecule has 0 saturated heterocycles. The van der Waals surface area contributed by atoms with Crippen molar-refractivity contribution in [3.8, 4) is 0 Å². The minimum absolute atomic E-state index is 0.0816. The third-order valence-electron chi connectivity index (χ3n) is 2.43. The van der Waals surface area contributed by atoms with Crippen LogP contribution in [-0.4, -0.2) is 24.2 Å². The zero-order valence-corrected chi connectivity index (χ0v) is 11.8. The Bertz CT molecular complexity index is 387. The summed E-state index contributed by atoms with van der Waals surface area (Å²) in [5.74, 6) is -0.0816. The van der Waals surface area contributed by atoms with Crippen LogP contribution in [0.5, 0.6) is 0 Å². The molecular formula is C14H18BrNO2. The summed E-state index contributed by atoms with van der Waals surface area (Å²) >= 11 is 3.36. The molecule has 1 aromatic rings. The van der Waals surface area contributed by atoms with Crippen LogP contribution in [-0.2, 0) is 4.79 Å². The first-order valence-electron chi connectivity index (χ1n) is 6.04. The summed E-state index contributed by atoms with van der Waals surface area (Å²) in [7, 11) is 0. The van der Waals surface area contributed by atoms with Crippen molar-refractivity contribution in [2.24, 2.45) is 0 Å². The van der Waals surface area contributed by atoms with E-state index in [1.165, 1.54) is 6.08 Å². The van der Waals surface area contributed by atoms with Crippen LogP contribution >= 0.6 is 15.9 Å². The van der Waals surface area contributed by atoms with E-state index in [-0.39, 0.29) is 12.5 Å². The Labute approximate surface area is 116 Å². The highest BCUT2D eigenvalue weighted by atomic mass is 79.9. The van der Waals surface area contributed by atoms with Crippen LogP contribution in [0.2, 0.25) is 0 Å². The monoisotopic (exact) mass is 311 g/mol. The van der Waals surface area contributed by atoms with Gasteiger partial charge in [0.05, 0.1) is 0 Å². The van der Waals surface area contributed by atoms with Crippen molar-refractivity contribution in [2.75, 3.05) is 13.2 Å². The van der Waals surface area contributed by atoms with Crippen molar-refractivity contribution in [1.82, 2.24) is 5.32 Å². The summed E-state index contributed by atoms with van der Waals surface area (Å²) in [4.78, 5) is 11.5. The summed E-state index contributed by atoms with van der Waals surface area (Å²) in [5.41, 5.74) is 0.994. The van der Waals surface area contributed by atoms with Crippen LogP contribution in [0, 0.1) is 0 Å². The number of aliphatic hydroxyl groups is 1. The topological polar surface area (TPSA) is 49.3 Å². The maximum Gasteiger partial charge on any atom is 0.243 e. The van der Waals surface area contributed by atoms with Gasteiger partial charge in [-0.2, -0.15) is 0 Å². The zero-order valence-electron chi connectivity index (χ0n) is 10.2. The largest absolute Gasteiger partial charge is 0.396 e. The normalized spacial score (nSPS) is 10.8. The molecule has 0 aliphatic heterocycles. The summed E-state index contributed by atoms with van der Waals surface area (Å²) < 4.78 is 1.02. The van der Waals surface area contributed by atoms with Gasteiger partial charge in [-0.1, -0.05) is 28.1 Å². The quantitative estimate of drug-likeness (QED) is 0.601. The fourth-order valence-electron chi connectivity index (χ4n) is 1.43. The molecule has 0 aliphatic carbocycles. The van der Waals surface area contributed by atoms with Crippen molar-refractivity contribution in [3.63, 3.8) is 0 Å². The predicted molar refractivity (Wildman–Crippen MR) is 77.1 cm³/mol. The van der Waals surface area contributed by atoms with Gasteiger partial charge in [0.15, 0.2) is 0 Å². The highest BCUT2D eigenvalue weighted by Gasteiger charge is 1.95. The standard InChI is InChI=1S/C14H18BrNO2/c15-13-7-4-12(5-8-13)6-9-14(18)16-10-2-1-3-11-17/h4-9,17H,1-3,10-11H2,(H,16,18)/b9-6+. The van der Waals surface area contributed by atoms with Gasteiger partial charge in [0, 0.05) is 23.7 Å². The van der Waals surface area contributed by atoms with Crippen LogP contribution in [0.3, 0.4) is 0 Å². The highest BCUT2D eigenvalue weighted by molar-refractivity contribution is 9.10. The molecular weight excluding hydrogens is 294 g/mol. The summed E-state index contributed by atoms with van der Waals surface area (Å²) in [6.45, 7) is 0.876. The van der Waals surface area contributed by atoms with E-state index in [1.54, 1.807) is 6.08 Å². The van der Waals surface area contributed by atoms with Gasteiger partial charge < -0.3 is 10.4 Å². The number of carbonyl (C=O) groups excluding carboxylic acids is 1. The first-order valence-corrected chi connectivity index (χ1v) is 6.84. The van der Waals surface area contributed by atoms with Gasteiger partial charge in [-0.05, 0) is 43.0 Å². The van der Waals surface area contributed by atoms with Crippen LogP contribution in [0.15, 0.2) is 34.8 Å². The lowest BCUT2D eigenvalue weighted by Crippen LogP contribution is -2.22. The van der Waals surface area contributed by atoms with Crippen molar-refractivity contribution < 1.29 is 9.90 Å². The second-order valence-corrected chi connectivity index (χ2v) is 4.88. The van der Waals surface area contributed by atoms with Gasteiger partial charge in [-0.15, -0.1) is 0 Å². The fourth-order valence-corrected chi connectivity index (χ4v) is 1.69. The maximum absolute atomic E-state index is 11.5. The number of halogens is 1. The molecule has 0 saturated carbocycles. The van der Waals surface area contributed by atoms with E-state index in [4.69, 9.17) is 5.11 Å². The van der Waals surface area contributed by atoms with Crippen molar-refractivity contribution in [2.45, 2.75) is 19.3 Å². The molecule has 0 unspecified atom stereocenters. The van der Waals surface area contributed by atoms with Crippen molar-refractivity contribution in [3.05, 3.63) is 40.4 Å². The molecule has 0 spiro atoms. The third kappa shape index (κ3) is 6.57. The average molecular weight is 312 g/mol. The van der Waals surface area contributed by atoms with Gasteiger partial charge in [0.25, 0.3) is 0 Å². The van der Waals surface area contributed by atoms with Crippen LogP contribution in [0.25, 0.3) is 6.08 Å². The molecule has 2 N–H and O–H groups in total. The summed E-state index contributed by atoms with van der Waals surface area (Å²) in [6, 6.07) is 7.75. The summed E-state index contributed by atoms with van der Waals surface area (Å²) in [6.07, 6.45) is 5.96. The van der Waals surface area contributed by atoms with Crippen LogP contribution < -0.4 is 5.32 Å². The Balaban J connectivity index is 2.25. The smallest absolute Gasteiger partial charge is 0.243 e. The number of aliphatic hydroxyl groups excluding tert-OH is 1. The van der Waals surface area contributed by atoms with Gasteiger partial charge in [-0.25, -0.2) is 0 Å². The number of hydrogen-bond acceptors (Lipinski definition) is 2. The number of nitrogens with one attached hydrogen (secondary N) is 1. The van der Waals surface area contributed by atoms with Crippen molar-refractivity contribution >= 4 is 27.9 Å². The Morgan fingerprint density at radius 3 is 2.61 bits per heavy atom. The van der Waals surface area contributed by atoms with E-state index in [0.717, 1.165) is 29.3 Å². The SMILES string of the molecule is O=C(/C=C/c1ccc(Br)cc1)NCCCCCO. The minimum Gasteiger partial charge on any atom is -0.396 e. The minimum atomic E-state index is -0.0816. The average Bonchev–Trinajstić information content (AvgIpc) is 2.38. The van der Waals surface area contributed by atoms with E-state index >= 15 is 0 Å². The number of hydrogen-bond donors (Lipinski definition) is 2. The van der Waals surface area contributed by atoms with Crippen molar-refractivity contribution in [1.29, 1.82) is 0 Å².